The number of nitrogens with zero attached hydrogens (tertiary/aromatic N) is 2. The molecule has 10 heteroatoms. The molecule has 218 valence electrons. The van der Waals surface area contributed by atoms with E-state index in [4.69, 9.17) is 0 Å². The summed E-state index contributed by atoms with van der Waals surface area (Å²) in [6.45, 7) is 11.4. The van der Waals surface area contributed by atoms with Crippen LogP contribution in [0, 0.1) is 12.8 Å². The Labute approximate surface area is 236 Å². The van der Waals surface area contributed by atoms with E-state index in [0.29, 0.717) is 18.5 Å². The number of imidazole rings is 1. The number of carbonyl (C=O) groups excluding carboxylic acids is 2. The summed E-state index contributed by atoms with van der Waals surface area (Å²) >= 11 is 1.18. The molecule has 1 fully saturated rings. The number of nitrogens with one attached hydrogen (secondary N) is 2. The van der Waals surface area contributed by atoms with Gasteiger partial charge in [0.1, 0.15) is 5.82 Å². The van der Waals surface area contributed by atoms with Gasteiger partial charge in [-0.2, -0.15) is 0 Å². The molecule has 1 aromatic carbocycles. The fourth-order valence-electron chi connectivity index (χ4n) is 4.68. The highest BCUT2D eigenvalue weighted by molar-refractivity contribution is 8.03. The zero-order chi connectivity index (χ0) is 29.3. The van der Waals surface area contributed by atoms with Crippen LogP contribution in [0.1, 0.15) is 68.1 Å². The Kier molecular flexibility index (Phi) is 16.5. The Balaban J connectivity index is 0.000000397. The van der Waals surface area contributed by atoms with Gasteiger partial charge in [0.15, 0.2) is 6.29 Å². The maximum absolute atomic E-state index is 13.0. The third-order valence-electron chi connectivity index (χ3n) is 6.47. The molecule has 0 saturated heterocycles. The van der Waals surface area contributed by atoms with Gasteiger partial charge < -0.3 is 16.0 Å². The lowest BCUT2D eigenvalue weighted by Gasteiger charge is -2.32. The first-order chi connectivity index (χ1) is 18.8. The standard InChI is InChI=1S/C17H28F2N2OS.C9H8N2O.C2H4.CH5N/c1-17(18,19)12-23-16-8-10-21(11-15(16)20-13-22)9-7-14-5-3-2-4-6-14;1-6-10-8-4-2-3-7(5-12)9(8)11-6;2*1-2/h13-14H,2-12H2,1H3,(H,20,22);2-5H,1H3,(H,10,11);1-2H2;2H2,1H3. The average Bonchev–Trinajstić information content (AvgIpc) is 3.34. The van der Waals surface area contributed by atoms with Gasteiger partial charge in [-0.25, -0.2) is 13.8 Å². The first-order valence-corrected chi connectivity index (χ1v) is 14.4. The van der Waals surface area contributed by atoms with Crippen LogP contribution in [0.25, 0.3) is 11.0 Å². The summed E-state index contributed by atoms with van der Waals surface area (Å²) in [5, 5.41) is 2.73. The molecular formula is C29H45F2N5O2S. The van der Waals surface area contributed by atoms with Crippen molar-refractivity contribution in [2.24, 2.45) is 11.7 Å². The van der Waals surface area contributed by atoms with E-state index in [1.165, 1.54) is 57.3 Å². The average molecular weight is 566 g/mol. The Hall–Kier alpha value is -2.56. The van der Waals surface area contributed by atoms with Gasteiger partial charge in [0.05, 0.1) is 16.8 Å². The van der Waals surface area contributed by atoms with E-state index in [1.807, 2.05) is 19.1 Å². The van der Waals surface area contributed by atoms with Crippen LogP contribution in [0.5, 0.6) is 0 Å². The highest BCUT2D eigenvalue weighted by Crippen LogP contribution is 2.32. The van der Waals surface area contributed by atoms with Gasteiger partial charge >= 0.3 is 0 Å². The van der Waals surface area contributed by atoms with Crippen LogP contribution in [0.4, 0.5) is 8.78 Å². The second-order valence-electron chi connectivity index (χ2n) is 9.53. The highest BCUT2D eigenvalue weighted by Gasteiger charge is 2.26. The Morgan fingerprint density at radius 1 is 1.23 bits per heavy atom. The van der Waals surface area contributed by atoms with Gasteiger partial charge in [0.25, 0.3) is 5.92 Å². The molecule has 4 N–H and O–H groups in total. The van der Waals surface area contributed by atoms with E-state index in [0.717, 1.165) is 66.1 Å². The van der Waals surface area contributed by atoms with Gasteiger partial charge in [0.2, 0.25) is 6.41 Å². The summed E-state index contributed by atoms with van der Waals surface area (Å²) in [6.07, 6.45) is 10.2. The van der Waals surface area contributed by atoms with Crippen molar-refractivity contribution in [3.05, 3.63) is 53.3 Å². The second kappa shape index (κ2) is 18.7. The van der Waals surface area contributed by atoms with Crippen LogP contribution in [-0.2, 0) is 4.79 Å². The number of halogens is 2. The van der Waals surface area contributed by atoms with Crippen LogP contribution in [0.3, 0.4) is 0 Å². The number of thioether (sulfide) groups is 1. The number of aldehydes is 1. The summed E-state index contributed by atoms with van der Waals surface area (Å²) < 4.78 is 26.1. The number of aromatic amines is 1. The number of rotatable bonds is 9. The van der Waals surface area contributed by atoms with Crippen LogP contribution in [0.15, 0.2) is 42.0 Å². The molecule has 2 heterocycles. The molecule has 1 amide bonds. The molecule has 2 aromatic rings. The van der Waals surface area contributed by atoms with E-state index in [9.17, 15) is 18.4 Å². The summed E-state index contributed by atoms with van der Waals surface area (Å²) in [6, 6.07) is 5.50. The van der Waals surface area contributed by atoms with Gasteiger partial charge in [-0.1, -0.05) is 38.2 Å². The molecule has 1 aromatic heterocycles. The van der Waals surface area contributed by atoms with Crippen LogP contribution >= 0.6 is 11.8 Å². The molecule has 7 nitrogen and oxygen atoms in total. The Morgan fingerprint density at radius 2 is 1.92 bits per heavy atom. The number of amides is 1. The van der Waals surface area contributed by atoms with Gasteiger partial charge in [-0.15, -0.1) is 24.9 Å². The van der Waals surface area contributed by atoms with Crippen LogP contribution in [0.2, 0.25) is 0 Å². The van der Waals surface area contributed by atoms with Gasteiger partial charge in [-0.3, -0.25) is 14.5 Å². The molecule has 1 aliphatic carbocycles. The molecule has 39 heavy (non-hydrogen) atoms. The van der Waals surface area contributed by atoms with Crippen molar-refractivity contribution < 1.29 is 18.4 Å². The number of hydrogen-bond donors (Lipinski definition) is 3. The monoisotopic (exact) mass is 565 g/mol. The van der Waals surface area contributed by atoms with E-state index in [1.54, 1.807) is 6.07 Å². The number of benzene rings is 1. The maximum atomic E-state index is 13.0. The topological polar surface area (TPSA) is 104 Å². The zero-order valence-electron chi connectivity index (χ0n) is 23.6. The highest BCUT2D eigenvalue weighted by atomic mass is 32.2. The first-order valence-electron chi connectivity index (χ1n) is 13.4. The number of hydrogen-bond acceptors (Lipinski definition) is 6. The molecule has 0 unspecified atom stereocenters. The lowest BCUT2D eigenvalue weighted by Crippen LogP contribution is -2.37. The van der Waals surface area contributed by atoms with E-state index in [-0.39, 0.29) is 5.75 Å². The van der Waals surface area contributed by atoms with E-state index in [2.05, 4.69) is 39.1 Å². The lowest BCUT2D eigenvalue weighted by molar-refractivity contribution is -0.109. The van der Waals surface area contributed by atoms with Crippen molar-refractivity contribution in [1.29, 1.82) is 0 Å². The fourth-order valence-corrected chi connectivity index (χ4v) is 5.64. The number of nitrogens with two attached hydrogens (primary N) is 1. The number of alkyl halides is 2. The lowest BCUT2D eigenvalue weighted by atomic mass is 9.87. The predicted octanol–water partition coefficient (Wildman–Crippen LogP) is 6.07. The molecule has 1 aliphatic heterocycles. The molecule has 4 rings (SSSR count). The number of aryl methyl sites for hydroxylation is 1. The number of aromatic nitrogens is 2. The summed E-state index contributed by atoms with van der Waals surface area (Å²) in [5.41, 5.74) is 7.61. The van der Waals surface area contributed by atoms with Crippen molar-refractivity contribution in [3.63, 3.8) is 0 Å². The SMILES string of the molecule is C=C.CC(F)(F)CSC1=C(NC=O)CN(CCC2CCCCC2)CC1.CN.Cc1nc2c(C=O)cccc2[nH]1. The minimum Gasteiger partial charge on any atom is -0.342 e. The number of H-pyrrole nitrogens is 1. The zero-order valence-corrected chi connectivity index (χ0v) is 24.4. The summed E-state index contributed by atoms with van der Waals surface area (Å²) in [7, 11) is 1.50. The third-order valence-corrected chi connectivity index (χ3v) is 7.92. The van der Waals surface area contributed by atoms with Gasteiger partial charge in [-0.05, 0) is 51.4 Å². The number of fused-ring (bicyclic) bond motifs is 1. The molecule has 0 atom stereocenters. The van der Waals surface area contributed by atoms with Crippen LogP contribution < -0.4 is 11.1 Å². The quantitative estimate of drug-likeness (QED) is 0.252. The van der Waals surface area contributed by atoms with Crippen molar-refractivity contribution >= 4 is 35.5 Å². The third kappa shape index (κ3) is 12.4. The minimum atomic E-state index is -2.68. The van der Waals surface area contributed by atoms with Crippen molar-refractivity contribution in [2.75, 3.05) is 32.4 Å². The number of para-hydroxylation sites is 1. The van der Waals surface area contributed by atoms with Gasteiger partial charge in [0, 0.05) is 36.2 Å². The number of carbonyl (C=O) groups is 2. The first kappa shape index (κ1) is 34.5. The molecule has 0 bridgehead atoms. The normalized spacial score (nSPS) is 16.2. The maximum Gasteiger partial charge on any atom is 0.254 e. The fraction of sp³-hybridized carbons (Fsp3) is 0.552. The molecule has 2 aliphatic rings. The summed E-state index contributed by atoms with van der Waals surface area (Å²) in [5.74, 6) is -1.24. The molecule has 1 saturated carbocycles. The van der Waals surface area contributed by atoms with E-state index >= 15 is 0 Å². The molecular weight excluding hydrogens is 520 g/mol. The smallest absolute Gasteiger partial charge is 0.254 e. The molecule has 0 spiro atoms. The summed E-state index contributed by atoms with van der Waals surface area (Å²) in [4.78, 5) is 31.9. The van der Waals surface area contributed by atoms with Crippen molar-refractivity contribution in [3.8, 4) is 0 Å². The molecule has 0 radical (unpaired) electrons. The Bertz CT molecular complexity index is 1030. The largest absolute Gasteiger partial charge is 0.342 e. The predicted molar refractivity (Wildman–Crippen MR) is 159 cm³/mol. The van der Waals surface area contributed by atoms with Crippen LogP contribution in [-0.4, -0.2) is 65.9 Å². The minimum absolute atomic E-state index is 0.228. The second-order valence-corrected chi connectivity index (χ2v) is 10.6. The van der Waals surface area contributed by atoms with Crippen molar-refractivity contribution in [2.45, 2.75) is 64.7 Å². The Morgan fingerprint density at radius 3 is 2.54 bits per heavy atom. The van der Waals surface area contributed by atoms with Crippen molar-refractivity contribution in [1.82, 2.24) is 20.2 Å². The van der Waals surface area contributed by atoms with E-state index < -0.39 is 5.92 Å².